The van der Waals surface area contributed by atoms with Crippen LogP contribution in [-0.4, -0.2) is 9.55 Å². The van der Waals surface area contributed by atoms with Gasteiger partial charge in [0.25, 0.3) is 0 Å². The Kier molecular flexibility index (Phi) is 2.70. The molecule has 1 aromatic carbocycles. The summed E-state index contributed by atoms with van der Waals surface area (Å²) < 4.78 is 28.0. The van der Waals surface area contributed by atoms with Crippen LogP contribution in [0.5, 0.6) is 0 Å². The summed E-state index contributed by atoms with van der Waals surface area (Å²) >= 11 is 0. The SMILES string of the molecule is Cn1c(-c2ccc(F)cc2F)cnc1CN. The molecule has 2 aromatic rings. The molecule has 5 heteroatoms. The molecule has 0 amide bonds. The molecular weight excluding hydrogens is 212 g/mol. The molecule has 0 bridgehead atoms. The number of aromatic nitrogens is 2. The Morgan fingerprint density at radius 3 is 2.69 bits per heavy atom. The summed E-state index contributed by atoms with van der Waals surface area (Å²) in [5.41, 5.74) is 6.36. The summed E-state index contributed by atoms with van der Waals surface area (Å²) in [4.78, 5) is 4.05. The molecule has 2 N–H and O–H groups in total. The summed E-state index contributed by atoms with van der Waals surface area (Å²) in [6, 6.07) is 3.46. The topological polar surface area (TPSA) is 43.8 Å². The lowest BCUT2D eigenvalue weighted by Gasteiger charge is -2.05. The number of halogens is 2. The van der Waals surface area contributed by atoms with Crippen LogP contribution in [0.15, 0.2) is 24.4 Å². The fraction of sp³-hybridized carbons (Fsp3) is 0.182. The van der Waals surface area contributed by atoms with E-state index in [-0.39, 0.29) is 6.54 Å². The zero-order valence-corrected chi connectivity index (χ0v) is 8.74. The first-order valence-corrected chi connectivity index (χ1v) is 4.79. The van der Waals surface area contributed by atoms with E-state index >= 15 is 0 Å². The van der Waals surface area contributed by atoms with Crippen molar-refractivity contribution < 1.29 is 8.78 Å². The van der Waals surface area contributed by atoms with Gasteiger partial charge in [-0.15, -0.1) is 0 Å². The van der Waals surface area contributed by atoms with Crippen LogP contribution in [0.1, 0.15) is 5.82 Å². The third-order valence-electron chi connectivity index (χ3n) is 2.47. The van der Waals surface area contributed by atoms with Crippen molar-refractivity contribution in [3.05, 3.63) is 41.9 Å². The Morgan fingerprint density at radius 1 is 1.38 bits per heavy atom. The number of imidazole rings is 1. The Bertz CT molecular complexity index is 520. The van der Waals surface area contributed by atoms with E-state index in [0.29, 0.717) is 17.1 Å². The first-order valence-electron chi connectivity index (χ1n) is 4.79. The average molecular weight is 223 g/mol. The minimum absolute atomic E-state index is 0.277. The van der Waals surface area contributed by atoms with Crippen LogP contribution < -0.4 is 5.73 Å². The molecule has 0 unspecified atom stereocenters. The predicted octanol–water partition coefficient (Wildman–Crippen LogP) is 1.82. The van der Waals surface area contributed by atoms with Gasteiger partial charge in [-0.25, -0.2) is 13.8 Å². The highest BCUT2D eigenvalue weighted by molar-refractivity contribution is 5.60. The molecule has 0 saturated heterocycles. The first kappa shape index (κ1) is 10.8. The van der Waals surface area contributed by atoms with Crippen molar-refractivity contribution in [1.82, 2.24) is 9.55 Å². The van der Waals surface area contributed by atoms with Crippen molar-refractivity contribution in [2.75, 3.05) is 0 Å². The number of nitrogens with zero attached hydrogens (tertiary/aromatic N) is 2. The van der Waals surface area contributed by atoms with E-state index in [1.165, 1.54) is 18.3 Å². The zero-order valence-electron chi connectivity index (χ0n) is 8.74. The van der Waals surface area contributed by atoms with Gasteiger partial charge in [0.15, 0.2) is 0 Å². The predicted molar refractivity (Wildman–Crippen MR) is 56.5 cm³/mol. The van der Waals surface area contributed by atoms with E-state index in [2.05, 4.69) is 4.98 Å². The molecular formula is C11H11F2N3. The molecule has 3 nitrogen and oxygen atoms in total. The third-order valence-corrected chi connectivity index (χ3v) is 2.47. The average Bonchev–Trinajstić information content (AvgIpc) is 2.60. The van der Waals surface area contributed by atoms with E-state index in [1.807, 2.05) is 0 Å². The Labute approximate surface area is 91.5 Å². The second kappa shape index (κ2) is 4.02. The summed E-state index contributed by atoms with van der Waals surface area (Å²) in [5, 5.41) is 0. The normalized spacial score (nSPS) is 10.8. The molecule has 0 aliphatic rings. The summed E-state index contributed by atoms with van der Waals surface area (Å²) in [6.45, 7) is 0.277. The second-order valence-electron chi connectivity index (χ2n) is 3.45. The smallest absolute Gasteiger partial charge is 0.135 e. The van der Waals surface area contributed by atoms with E-state index < -0.39 is 11.6 Å². The summed E-state index contributed by atoms with van der Waals surface area (Å²) in [7, 11) is 1.74. The maximum absolute atomic E-state index is 13.5. The van der Waals surface area contributed by atoms with E-state index in [1.54, 1.807) is 11.6 Å². The minimum atomic E-state index is -0.605. The molecule has 0 atom stereocenters. The fourth-order valence-electron chi connectivity index (χ4n) is 1.58. The van der Waals surface area contributed by atoms with Gasteiger partial charge in [-0.2, -0.15) is 0 Å². The highest BCUT2D eigenvalue weighted by Gasteiger charge is 2.11. The Balaban J connectivity index is 2.54. The monoisotopic (exact) mass is 223 g/mol. The molecule has 1 aromatic heterocycles. The molecule has 0 fully saturated rings. The number of rotatable bonds is 2. The molecule has 2 rings (SSSR count). The Hall–Kier alpha value is -1.75. The van der Waals surface area contributed by atoms with Crippen LogP contribution >= 0.6 is 0 Å². The van der Waals surface area contributed by atoms with Gasteiger partial charge in [-0.05, 0) is 12.1 Å². The van der Waals surface area contributed by atoms with Crippen LogP contribution in [0.25, 0.3) is 11.3 Å². The fourth-order valence-corrected chi connectivity index (χ4v) is 1.58. The molecule has 0 saturated carbocycles. The molecule has 0 aliphatic carbocycles. The molecule has 0 aliphatic heterocycles. The number of nitrogens with two attached hydrogens (primary N) is 1. The number of hydrogen-bond acceptors (Lipinski definition) is 2. The van der Waals surface area contributed by atoms with Gasteiger partial charge in [0.1, 0.15) is 17.5 Å². The van der Waals surface area contributed by atoms with E-state index in [4.69, 9.17) is 5.73 Å². The lowest BCUT2D eigenvalue weighted by atomic mass is 10.1. The molecule has 0 radical (unpaired) electrons. The molecule has 84 valence electrons. The molecule has 1 heterocycles. The Morgan fingerprint density at radius 2 is 2.12 bits per heavy atom. The van der Waals surface area contributed by atoms with Gasteiger partial charge in [0.2, 0.25) is 0 Å². The second-order valence-corrected chi connectivity index (χ2v) is 3.45. The standard InChI is InChI=1S/C11H11F2N3/c1-16-10(6-15-11(16)5-14)8-3-2-7(12)4-9(8)13/h2-4,6H,5,14H2,1H3. The number of benzene rings is 1. The highest BCUT2D eigenvalue weighted by atomic mass is 19.1. The van der Waals surface area contributed by atoms with E-state index in [0.717, 1.165) is 6.07 Å². The van der Waals surface area contributed by atoms with Crippen molar-refractivity contribution >= 4 is 0 Å². The molecule has 0 spiro atoms. The lowest BCUT2D eigenvalue weighted by Crippen LogP contribution is -2.05. The van der Waals surface area contributed by atoms with Crippen LogP contribution in [-0.2, 0) is 13.6 Å². The maximum atomic E-state index is 13.5. The minimum Gasteiger partial charge on any atom is -0.330 e. The van der Waals surface area contributed by atoms with Gasteiger partial charge in [0.05, 0.1) is 18.4 Å². The van der Waals surface area contributed by atoms with Gasteiger partial charge in [-0.3, -0.25) is 0 Å². The van der Waals surface area contributed by atoms with Crippen molar-refractivity contribution in [2.24, 2.45) is 12.8 Å². The first-order chi connectivity index (χ1) is 7.63. The van der Waals surface area contributed by atoms with Gasteiger partial charge in [0, 0.05) is 18.7 Å². The zero-order chi connectivity index (χ0) is 11.7. The van der Waals surface area contributed by atoms with Crippen LogP contribution in [0.2, 0.25) is 0 Å². The van der Waals surface area contributed by atoms with Crippen molar-refractivity contribution in [3.8, 4) is 11.3 Å². The van der Waals surface area contributed by atoms with E-state index in [9.17, 15) is 8.78 Å². The van der Waals surface area contributed by atoms with Crippen molar-refractivity contribution in [3.63, 3.8) is 0 Å². The third kappa shape index (κ3) is 1.69. The number of hydrogen-bond donors (Lipinski definition) is 1. The van der Waals surface area contributed by atoms with Crippen LogP contribution in [0, 0.1) is 11.6 Å². The lowest BCUT2D eigenvalue weighted by molar-refractivity contribution is 0.584. The van der Waals surface area contributed by atoms with Crippen LogP contribution in [0.4, 0.5) is 8.78 Å². The largest absolute Gasteiger partial charge is 0.330 e. The summed E-state index contributed by atoms with van der Waals surface area (Å²) in [5.74, 6) is -0.548. The van der Waals surface area contributed by atoms with Gasteiger partial charge >= 0.3 is 0 Å². The van der Waals surface area contributed by atoms with Crippen molar-refractivity contribution in [2.45, 2.75) is 6.54 Å². The quantitative estimate of drug-likeness (QED) is 0.844. The highest BCUT2D eigenvalue weighted by Crippen LogP contribution is 2.23. The molecule has 16 heavy (non-hydrogen) atoms. The maximum Gasteiger partial charge on any atom is 0.135 e. The summed E-state index contributed by atoms with van der Waals surface area (Å²) in [6.07, 6.45) is 1.53. The van der Waals surface area contributed by atoms with Crippen LogP contribution in [0.3, 0.4) is 0 Å². The van der Waals surface area contributed by atoms with Crippen molar-refractivity contribution in [1.29, 1.82) is 0 Å². The van der Waals surface area contributed by atoms with Gasteiger partial charge in [-0.1, -0.05) is 0 Å². The van der Waals surface area contributed by atoms with Gasteiger partial charge < -0.3 is 10.3 Å².